The number of aromatic nitrogens is 1. The quantitative estimate of drug-likeness (QED) is 0.819. The second-order valence-electron chi connectivity index (χ2n) is 3.17. The maximum atomic E-state index is 5.75. The molecule has 2 rings (SSSR count). The third-order valence-electron chi connectivity index (χ3n) is 2.05. The zero-order valence-corrected chi connectivity index (χ0v) is 9.86. The van der Waals surface area contributed by atoms with Crippen molar-refractivity contribution in [3.63, 3.8) is 0 Å². The number of nitrogens with zero attached hydrogens (tertiary/aromatic N) is 1. The van der Waals surface area contributed by atoms with Crippen LogP contribution in [0.3, 0.4) is 0 Å². The Morgan fingerprint density at radius 1 is 1.13 bits per heavy atom. The minimum atomic E-state index is 0.777. The lowest BCUT2D eigenvalue weighted by atomic mass is 10.2. The maximum Gasteiger partial charge on any atom is 0.144 e. The molecule has 76 valence electrons. The van der Waals surface area contributed by atoms with Crippen molar-refractivity contribution in [1.82, 2.24) is 4.98 Å². The molecule has 3 heteroatoms. The number of para-hydroxylation sites is 1. The highest BCUT2D eigenvalue weighted by molar-refractivity contribution is 9.10. The summed E-state index contributed by atoms with van der Waals surface area (Å²) in [5.41, 5.74) is 1.11. The van der Waals surface area contributed by atoms with Crippen molar-refractivity contribution in [1.29, 1.82) is 0 Å². The molecule has 0 spiro atoms. The summed E-state index contributed by atoms with van der Waals surface area (Å²) in [5, 5.41) is 0. The average Bonchev–Trinajstić information content (AvgIpc) is 2.24. The average molecular weight is 264 g/mol. The van der Waals surface area contributed by atoms with Crippen LogP contribution in [-0.2, 0) is 0 Å². The molecular formula is C12H10BrNO. The van der Waals surface area contributed by atoms with Gasteiger partial charge in [0, 0.05) is 18.5 Å². The first-order valence-electron chi connectivity index (χ1n) is 4.60. The Morgan fingerprint density at radius 3 is 2.67 bits per heavy atom. The number of aryl methyl sites for hydroxylation is 1. The molecule has 0 fully saturated rings. The van der Waals surface area contributed by atoms with Crippen LogP contribution in [0.1, 0.15) is 5.56 Å². The van der Waals surface area contributed by atoms with Gasteiger partial charge in [0.25, 0.3) is 0 Å². The van der Waals surface area contributed by atoms with Crippen LogP contribution in [0.4, 0.5) is 0 Å². The van der Waals surface area contributed by atoms with Crippen molar-refractivity contribution < 1.29 is 4.74 Å². The van der Waals surface area contributed by atoms with Crippen LogP contribution >= 0.6 is 15.9 Å². The normalized spacial score (nSPS) is 10.0. The van der Waals surface area contributed by atoms with Gasteiger partial charge < -0.3 is 4.74 Å². The lowest BCUT2D eigenvalue weighted by Gasteiger charge is -2.09. The minimum absolute atomic E-state index is 0.777. The first kappa shape index (κ1) is 10.2. The van der Waals surface area contributed by atoms with Crippen molar-refractivity contribution >= 4 is 15.9 Å². The van der Waals surface area contributed by atoms with Crippen molar-refractivity contribution in [2.75, 3.05) is 0 Å². The summed E-state index contributed by atoms with van der Waals surface area (Å²) in [7, 11) is 0. The molecule has 2 nitrogen and oxygen atoms in total. The van der Waals surface area contributed by atoms with Gasteiger partial charge in [0.05, 0.1) is 4.47 Å². The van der Waals surface area contributed by atoms with E-state index in [9.17, 15) is 0 Å². The number of halogens is 1. The van der Waals surface area contributed by atoms with E-state index in [1.165, 1.54) is 0 Å². The zero-order chi connectivity index (χ0) is 10.7. The predicted molar refractivity (Wildman–Crippen MR) is 63.2 cm³/mol. The van der Waals surface area contributed by atoms with Crippen LogP contribution in [0, 0.1) is 6.92 Å². The van der Waals surface area contributed by atoms with Crippen LogP contribution in [0.5, 0.6) is 11.5 Å². The zero-order valence-electron chi connectivity index (χ0n) is 8.27. The molecule has 0 aliphatic rings. The van der Waals surface area contributed by atoms with E-state index in [1.807, 2.05) is 37.3 Å². The fourth-order valence-corrected chi connectivity index (χ4v) is 1.57. The monoisotopic (exact) mass is 263 g/mol. The number of hydrogen-bond donors (Lipinski definition) is 0. The summed E-state index contributed by atoms with van der Waals surface area (Å²) in [5.74, 6) is 1.64. The summed E-state index contributed by atoms with van der Waals surface area (Å²) in [6.07, 6.45) is 3.42. The Balaban J connectivity index is 2.30. The van der Waals surface area contributed by atoms with Gasteiger partial charge in [-0.2, -0.15) is 0 Å². The molecule has 0 aliphatic carbocycles. The summed E-state index contributed by atoms with van der Waals surface area (Å²) in [6.45, 7) is 2.02. The standard InChI is InChI=1S/C12H10BrNO/c1-9-4-2-3-5-11(9)15-12-6-7-14-8-10(12)13/h2-8H,1H3. The van der Waals surface area contributed by atoms with E-state index in [1.54, 1.807) is 12.4 Å². The molecular weight excluding hydrogens is 254 g/mol. The van der Waals surface area contributed by atoms with Crippen LogP contribution in [-0.4, -0.2) is 4.98 Å². The van der Waals surface area contributed by atoms with E-state index in [0.717, 1.165) is 21.5 Å². The van der Waals surface area contributed by atoms with Gasteiger partial charge in [-0.3, -0.25) is 4.98 Å². The topological polar surface area (TPSA) is 22.1 Å². The molecule has 0 N–H and O–H groups in total. The Morgan fingerprint density at radius 2 is 1.93 bits per heavy atom. The highest BCUT2D eigenvalue weighted by atomic mass is 79.9. The molecule has 0 saturated heterocycles. The van der Waals surface area contributed by atoms with Gasteiger partial charge in [0.1, 0.15) is 11.5 Å². The smallest absolute Gasteiger partial charge is 0.144 e. The highest BCUT2D eigenvalue weighted by Gasteiger charge is 2.03. The van der Waals surface area contributed by atoms with E-state index in [2.05, 4.69) is 20.9 Å². The molecule has 0 saturated carbocycles. The maximum absolute atomic E-state index is 5.75. The number of ether oxygens (including phenoxy) is 1. The summed E-state index contributed by atoms with van der Waals surface area (Å²) in [4.78, 5) is 3.98. The Kier molecular flexibility index (Phi) is 3.02. The third kappa shape index (κ3) is 2.36. The fraction of sp³-hybridized carbons (Fsp3) is 0.0833. The Hall–Kier alpha value is -1.35. The summed E-state index contributed by atoms with van der Waals surface area (Å²) in [6, 6.07) is 9.74. The first-order valence-corrected chi connectivity index (χ1v) is 5.39. The summed E-state index contributed by atoms with van der Waals surface area (Å²) >= 11 is 3.39. The lowest BCUT2D eigenvalue weighted by Crippen LogP contribution is -1.88. The van der Waals surface area contributed by atoms with Gasteiger partial charge in [-0.05, 0) is 34.5 Å². The van der Waals surface area contributed by atoms with E-state index < -0.39 is 0 Å². The number of rotatable bonds is 2. The third-order valence-corrected chi connectivity index (χ3v) is 2.64. The van der Waals surface area contributed by atoms with Crippen LogP contribution in [0.15, 0.2) is 47.2 Å². The SMILES string of the molecule is Cc1ccccc1Oc1ccncc1Br. The van der Waals surface area contributed by atoms with E-state index >= 15 is 0 Å². The molecule has 15 heavy (non-hydrogen) atoms. The number of hydrogen-bond acceptors (Lipinski definition) is 2. The highest BCUT2D eigenvalue weighted by Crippen LogP contribution is 2.29. The molecule has 1 heterocycles. The van der Waals surface area contributed by atoms with Gasteiger partial charge in [0.2, 0.25) is 0 Å². The van der Waals surface area contributed by atoms with E-state index in [-0.39, 0.29) is 0 Å². The lowest BCUT2D eigenvalue weighted by molar-refractivity contribution is 0.475. The van der Waals surface area contributed by atoms with E-state index in [4.69, 9.17) is 4.74 Å². The van der Waals surface area contributed by atoms with Crippen LogP contribution in [0.25, 0.3) is 0 Å². The van der Waals surface area contributed by atoms with Crippen molar-refractivity contribution in [3.8, 4) is 11.5 Å². The molecule has 0 bridgehead atoms. The van der Waals surface area contributed by atoms with Gasteiger partial charge >= 0.3 is 0 Å². The molecule has 0 amide bonds. The predicted octanol–water partition coefficient (Wildman–Crippen LogP) is 3.94. The Bertz CT molecular complexity index is 427. The second-order valence-corrected chi connectivity index (χ2v) is 4.03. The molecule has 0 atom stereocenters. The molecule has 1 aromatic carbocycles. The van der Waals surface area contributed by atoms with E-state index in [0.29, 0.717) is 0 Å². The number of pyridine rings is 1. The van der Waals surface area contributed by atoms with Crippen molar-refractivity contribution in [2.24, 2.45) is 0 Å². The molecule has 0 radical (unpaired) electrons. The fourth-order valence-electron chi connectivity index (χ4n) is 1.23. The summed E-state index contributed by atoms with van der Waals surface area (Å²) < 4.78 is 6.61. The van der Waals surface area contributed by atoms with Gasteiger partial charge in [-0.25, -0.2) is 0 Å². The van der Waals surface area contributed by atoms with Crippen LogP contribution in [0.2, 0.25) is 0 Å². The largest absolute Gasteiger partial charge is 0.456 e. The first-order chi connectivity index (χ1) is 7.27. The number of benzene rings is 1. The minimum Gasteiger partial charge on any atom is -0.456 e. The Labute approximate surface area is 97.1 Å². The molecule has 0 aliphatic heterocycles. The molecule has 0 unspecified atom stereocenters. The van der Waals surface area contributed by atoms with Crippen molar-refractivity contribution in [2.45, 2.75) is 6.92 Å². The van der Waals surface area contributed by atoms with Gasteiger partial charge in [-0.15, -0.1) is 0 Å². The second kappa shape index (κ2) is 4.45. The van der Waals surface area contributed by atoms with Crippen LogP contribution < -0.4 is 4.74 Å². The van der Waals surface area contributed by atoms with Crippen molar-refractivity contribution in [3.05, 3.63) is 52.8 Å². The molecule has 2 aromatic rings. The molecule has 1 aromatic heterocycles. The van der Waals surface area contributed by atoms with Gasteiger partial charge in [-0.1, -0.05) is 18.2 Å². The van der Waals surface area contributed by atoms with Gasteiger partial charge in [0.15, 0.2) is 0 Å².